The van der Waals surface area contributed by atoms with Crippen molar-refractivity contribution in [3.05, 3.63) is 84.3 Å². The number of benzene rings is 2. The van der Waals surface area contributed by atoms with Gasteiger partial charge in [0.05, 0.1) is 11.9 Å². The zero-order valence-corrected chi connectivity index (χ0v) is 17.1. The Kier molecular flexibility index (Phi) is 5.23. The van der Waals surface area contributed by atoms with Gasteiger partial charge in [-0.2, -0.15) is 4.39 Å². The number of hydrazine groups is 1. The van der Waals surface area contributed by atoms with Crippen LogP contribution in [0.5, 0.6) is 0 Å². The van der Waals surface area contributed by atoms with E-state index in [1.54, 1.807) is 6.07 Å². The molecule has 1 aromatic heterocycles. The molecule has 3 aromatic rings. The average molecular weight is 403 g/mol. The summed E-state index contributed by atoms with van der Waals surface area (Å²) < 4.78 is 13.4. The highest BCUT2D eigenvalue weighted by molar-refractivity contribution is 5.59. The van der Waals surface area contributed by atoms with Gasteiger partial charge in [0, 0.05) is 29.8 Å². The van der Waals surface area contributed by atoms with Gasteiger partial charge in [-0.1, -0.05) is 55.5 Å². The van der Waals surface area contributed by atoms with Gasteiger partial charge in [0.25, 0.3) is 0 Å². The summed E-state index contributed by atoms with van der Waals surface area (Å²) in [5.74, 6) is 0.293. The highest BCUT2D eigenvalue weighted by atomic mass is 19.1. The molecule has 2 fully saturated rings. The first-order valence-electron chi connectivity index (χ1n) is 10.7. The lowest BCUT2D eigenvalue weighted by Gasteiger charge is -2.30. The van der Waals surface area contributed by atoms with E-state index >= 15 is 0 Å². The van der Waals surface area contributed by atoms with Crippen LogP contribution in [0, 0.1) is 11.9 Å². The zero-order chi connectivity index (χ0) is 20.5. The van der Waals surface area contributed by atoms with Crippen molar-refractivity contribution in [3.63, 3.8) is 0 Å². The number of rotatable bonds is 5. The molecular formula is C25H27FN4. The van der Waals surface area contributed by atoms with Crippen LogP contribution in [-0.2, 0) is 6.42 Å². The fourth-order valence-electron chi connectivity index (χ4n) is 4.89. The van der Waals surface area contributed by atoms with E-state index in [1.165, 1.54) is 24.5 Å². The smallest absolute Gasteiger partial charge is 0.213 e. The summed E-state index contributed by atoms with van der Waals surface area (Å²) >= 11 is 0. The summed E-state index contributed by atoms with van der Waals surface area (Å²) in [5, 5.41) is 6.28. The van der Waals surface area contributed by atoms with Gasteiger partial charge in [0.2, 0.25) is 5.95 Å². The molecule has 1 saturated carbocycles. The Labute approximate surface area is 177 Å². The van der Waals surface area contributed by atoms with Crippen LogP contribution in [0.15, 0.2) is 72.8 Å². The van der Waals surface area contributed by atoms with Crippen molar-refractivity contribution in [1.29, 1.82) is 0 Å². The van der Waals surface area contributed by atoms with Crippen molar-refractivity contribution < 1.29 is 4.39 Å². The number of para-hydroxylation sites is 1. The van der Waals surface area contributed by atoms with E-state index in [-0.39, 0.29) is 6.17 Å². The average Bonchev–Trinajstić information content (AvgIpc) is 3.26. The monoisotopic (exact) mass is 402 g/mol. The lowest BCUT2D eigenvalue weighted by atomic mass is 10.0. The maximum atomic E-state index is 13.4. The van der Waals surface area contributed by atoms with Crippen molar-refractivity contribution >= 4 is 5.69 Å². The number of pyridine rings is 1. The minimum atomic E-state index is -0.449. The van der Waals surface area contributed by atoms with Crippen LogP contribution in [0.3, 0.4) is 0 Å². The lowest BCUT2D eigenvalue weighted by molar-refractivity contribution is 0.219. The topological polar surface area (TPSA) is 40.2 Å². The Hall–Kier alpha value is -2.76. The molecule has 0 spiro atoms. The summed E-state index contributed by atoms with van der Waals surface area (Å²) in [4.78, 5) is 3.98. The second-order valence-corrected chi connectivity index (χ2v) is 8.56. The van der Waals surface area contributed by atoms with Gasteiger partial charge in [-0.15, -0.1) is 0 Å². The Balaban J connectivity index is 1.33. The quantitative estimate of drug-likeness (QED) is 0.598. The second kappa shape index (κ2) is 8.17. The maximum absolute atomic E-state index is 13.4. The summed E-state index contributed by atoms with van der Waals surface area (Å²) in [6.07, 6.45) is 3.56. The first-order valence-corrected chi connectivity index (χ1v) is 10.7. The second-order valence-electron chi connectivity index (χ2n) is 8.56. The van der Waals surface area contributed by atoms with Crippen LogP contribution in [0.4, 0.5) is 10.1 Å². The molecule has 2 N–H and O–H groups in total. The molecule has 0 bridgehead atoms. The van der Waals surface area contributed by atoms with E-state index in [2.05, 4.69) is 64.1 Å². The molecule has 2 aromatic carbocycles. The highest BCUT2D eigenvalue weighted by Crippen LogP contribution is 2.36. The zero-order valence-electron chi connectivity index (χ0n) is 17.1. The van der Waals surface area contributed by atoms with Crippen molar-refractivity contribution in [2.75, 3.05) is 5.43 Å². The molecular weight excluding hydrogens is 375 g/mol. The minimum absolute atomic E-state index is 0.228. The number of nitrogens with zero attached hydrogens (tertiary/aromatic N) is 2. The molecule has 2 heterocycles. The van der Waals surface area contributed by atoms with E-state index in [0.29, 0.717) is 17.8 Å². The third-order valence-corrected chi connectivity index (χ3v) is 6.29. The molecule has 4 nitrogen and oxygen atoms in total. The van der Waals surface area contributed by atoms with Gasteiger partial charge in [0.1, 0.15) is 0 Å². The Bertz CT molecular complexity index is 992. The van der Waals surface area contributed by atoms with Crippen molar-refractivity contribution in [2.45, 2.75) is 44.4 Å². The van der Waals surface area contributed by atoms with E-state index in [1.807, 2.05) is 24.3 Å². The van der Waals surface area contributed by atoms with E-state index in [9.17, 15) is 4.39 Å². The van der Waals surface area contributed by atoms with Crippen molar-refractivity contribution in [3.8, 4) is 11.3 Å². The van der Waals surface area contributed by atoms with Gasteiger partial charge in [-0.05, 0) is 48.6 Å². The van der Waals surface area contributed by atoms with Gasteiger partial charge in [0.15, 0.2) is 0 Å². The fourth-order valence-corrected chi connectivity index (χ4v) is 4.89. The molecule has 5 rings (SSSR count). The summed E-state index contributed by atoms with van der Waals surface area (Å²) in [6, 6.07) is 24.6. The Morgan fingerprint density at radius 3 is 2.57 bits per heavy atom. The SMILES string of the molecule is CC1CC2NC(Cc3ccc(-c4cccc(F)n4)cc3)N(Nc3ccccc3)C2C1. The first-order chi connectivity index (χ1) is 14.7. The number of fused-ring (bicyclic) bond motifs is 1. The fraction of sp³-hybridized carbons (Fsp3) is 0.320. The Morgan fingerprint density at radius 2 is 1.80 bits per heavy atom. The van der Waals surface area contributed by atoms with Crippen LogP contribution in [0.25, 0.3) is 11.3 Å². The number of aromatic nitrogens is 1. The minimum Gasteiger partial charge on any atom is -0.317 e. The van der Waals surface area contributed by atoms with Crippen molar-refractivity contribution in [1.82, 2.24) is 15.3 Å². The van der Waals surface area contributed by atoms with Crippen LogP contribution in [-0.4, -0.2) is 28.2 Å². The number of nitrogens with one attached hydrogen (secondary N) is 2. The first kappa shape index (κ1) is 19.2. The van der Waals surface area contributed by atoms with E-state index in [0.717, 1.165) is 23.6 Å². The van der Waals surface area contributed by atoms with E-state index < -0.39 is 5.95 Å². The van der Waals surface area contributed by atoms with Crippen LogP contribution in [0.1, 0.15) is 25.3 Å². The predicted molar refractivity (Wildman–Crippen MR) is 118 cm³/mol. The standard InChI is InChI=1S/C25H27FN4/c1-17-14-22-23(15-17)30(29-20-6-3-2-4-7-20)25(28-22)16-18-10-12-19(13-11-18)21-8-5-9-24(26)27-21/h2-13,17,22-23,25,28-29H,14-16H2,1H3. The predicted octanol–water partition coefficient (Wildman–Crippen LogP) is 4.86. The van der Waals surface area contributed by atoms with E-state index in [4.69, 9.17) is 0 Å². The molecule has 5 heteroatoms. The third kappa shape index (κ3) is 3.95. The summed E-state index contributed by atoms with van der Waals surface area (Å²) in [7, 11) is 0. The molecule has 30 heavy (non-hydrogen) atoms. The Morgan fingerprint density at radius 1 is 1.00 bits per heavy atom. The van der Waals surface area contributed by atoms with Crippen LogP contribution < -0.4 is 10.7 Å². The molecule has 2 aliphatic rings. The van der Waals surface area contributed by atoms with Crippen LogP contribution in [0.2, 0.25) is 0 Å². The number of anilines is 1. The van der Waals surface area contributed by atoms with Crippen LogP contribution >= 0.6 is 0 Å². The maximum Gasteiger partial charge on any atom is 0.213 e. The highest BCUT2D eigenvalue weighted by Gasteiger charge is 2.45. The molecule has 1 aliphatic carbocycles. The largest absolute Gasteiger partial charge is 0.317 e. The molecule has 4 unspecified atom stereocenters. The molecule has 0 radical (unpaired) electrons. The van der Waals surface area contributed by atoms with Gasteiger partial charge in [-0.3, -0.25) is 5.32 Å². The molecule has 4 atom stereocenters. The molecule has 0 amide bonds. The van der Waals surface area contributed by atoms with Gasteiger partial charge < -0.3 is 5.43 Å². The van der Waals surface area contributed by atoms with Crippen molar-refractivity contribution in [2.24, 2.45) is 5.92 Å². The lowest BCUT2D eigenvalue weighted by Crippen LogP contribution is -2.44. The molecule has 1 aliphatic heterocycles. The summed E-state index contributed by atoms with van der Waals surface area (Å²) in [5.41, 5.74) is 7.63. The normalized spacial score (nSPS) is 25.9. The van der Waals surface area contributed by atoms with Gasteiger partial charge in [-0.25, -0.2) is 9.99 Å². The number of halogens is 1. The third-order valence-electron chi connectivity index (χ3n) is 6.29. The summed E-state index contributed by atoms with van der Waals surface area (Å²) in [6.45, 7) is 2.34. The molecule has 154 valence electrons. The number of hydrogen-bond acceptors (Lipinski definition) is 4. The van der Waals surface area contributed by atoms with Gasteiger partial charge >= 0.3 is 0 Å². The number of hydrogen-bond donors (Lipinski definition) is 2. The molecule has 1 saturated heterocycles.